The first-order valence-electron chi connectivity index (χ1n) is 7.40. The highest BCUT2D eigenvalue weighted by atomic mass is 32.1. The minimum atomic E-state index is 1.01. The smallest absolute Gasteiger partial charge is 0.192 e. The highest BCUT2D eigenvalue weighted by Crippen LogP contribution is 2.37. The molecule has 4 rings (SSSR count). The number of hydrogen-bond acceptors (Lipinski definition) is 1. The molecule has 0 radical (unpaired) electrons. The van der Waals surface area contributed by atoms with E-state index in [1.807, 2.05) is 11.3 Å². The number of fused-ring (bicyclic) bond motifs is 2. The van der Waals surface area contributed by atoms with Crippen LogP contribution in [0.15, 0.2) is 42.5 Å². The van der Waals surface area contributed by atoms with E-state index in [1.54, 1.807) is 0 Å². The lowest BCUT2D eigenvalue weighted by Crippen LogP contribution is -2.00. The van der Waals surface area contributed by atoms with E-state index < -0.39 is 0 Å². The number of rotatable bonds is 1. The third kappa shape index (κ3) is 1.66. The molecule has 0 aliphatic heterocycles. The standard InChI is InChI=1S/C19H18N2S/c1-12-8-7-10-16-18(12)21(14(3)20(16)4)19-13(2)15-9-5-6-11-17(15)22-19/h5-11H,3H2,1-2,4H3. The first-order chi connectivity index (χ1) is 10.6. The molecular weight excluding hydrogens is 288 g/mol. The summed E-state index contributed by atoms with van der Waals surface area (Å²) in [6.45, 7) is 8.69. The summed E-state index contributed by atoms with van der Waals surface area (Å²) in [7, 11) is 2.09. The number of para-hydroxylation sites is 1. The summed E-state index contributed by atoms with van der Waals surface area (Å²) in [6.07, 6.45) is 0. The van der Waals surface area contributed by atoms with Gasteiger partial charge in [0, 0.05) is 40.2 Å². The van der Waals surface area contributed by atoms with Gasteiger partial charge in [-0.15, -0.1) is 0 Å². The average Bonchev–Trinajstić information content (AvgIpc) is 2.98. The van der Waals surface area contributed by atoms with Crippen molar-refractivity contribution in [2.75, 3.05) is 0 Å². The predicted molar refractivity (Wildman–Crippen MR) is 96.0 cm³/mol. The monoisotopic (exact) mass is 306 g/mol. The molecule has 4 aromatic rings. The molecule has 0 spiro atoms. The first kappa shape index (κ1) is 13.4. The lowest BCUT2D eigenvalue weighted by molar-refractivity contribution is 0.878. The second-order valence-corrected chi connectivity index (χ2v) is 6.81. The Hall–Kier alpha value is -2.26. The molecule has 0 fully saturated rings. The molecule has 2 heterocycles. The van der Waals surface area contributed by atoms with E-state index >= 15 is 0 Å². The molecule has 0 unspecified atom stereocenters. The average molecular weight is 306 g/mol. The van der Waals surface area contributed by atoms with Crippen molar-refractivity contribution in [2.24, 2.45) is 7.05 Å². The van der Waals surface area contributed by atoms with E-state index in [-0.39, 0.29) is 0 Å². The summed E-state index contributed by atoms with van der Waals surface area (Å²) in [5.41, 5.74) is 5.08. The largest absolute Gasteiger partial charge is 0.294 e. The lowest BCUT2D eigenvalue weighted by Gasteiger charge is -2.04. The first-order valence-corrected chi connectivity index (χ1v) is 8.21. The van der Waals surface area contributed by atoms with Gasteiger partial charge in [0.05, 0.1) is 0 Å². The Morgan fingerprint density at radius 1 is 1.05 bits per heavy atom. The second kappa shape index (κ2) is 4.62. The van der Waals surface area contributed by atoms with E-state index in [9.17, 15) is 0 Å². The van der Waals surface area contributed by atoms with Crippen molar-refractivity contribution < 1.29 is 0 Å². The molecule has 0 amide bonds. The summed E-state index contributed by atoms with van der Waals surface area (Å²) in [6, 6.07) is 15.0. The minimum absolute atomic E-state index is 1.01. The quantitative estimate of drug-likeness (QED) is 0.424. The van der Waals surface area contributed by atoms with Crippen LogP contribution in [0.3, 0.4) is 0 Å². The number of aryl methyl sites for hydroxylation is 3. The fraction of sp³-hybridized carbons (Fsp3) is 0.158. The van der Waals surface area contributed by atoms with Gasteiger partial charge >= 0.3 is 0 Å². The number of aromatic nitrogens is 2. The number of hydrogen-bond donors (Lipinski definition) is 0. The van der Waals surface area contributed by atoms with Crippen LogP contribution >= 0.6 is 11.3 Å². The zero-order chi connectivity index (χ0) is 15.4. The second-order valence-electron chi connectivity index (χ2n) is 5.78. The van der Waals surface area contributed by atoms with Crippen molar-refractivity contribution in [1.82, 2.24) is 9.13 Å². The Labute approximate surface area is 134 Å². The topological polar surface area (TPSA) is 9.86 Å². The molecule has 0 saturated carbocycles. The van der Waals surface area contributed by atoms with Gasteiger partial charge in [-0.05, 0) is 32.0 Å². The van der Waals surface area contributed by atoms with Crippen LogP contribution < -0.4 is 0 Å². The van der Waals surface area contributed by atoms with Gasteiger partial charge in [-0.2, -0.15) is 4.57 Å². The van der Waals surface area contributed by atoms with Crippen molar-refractivity contribution in [3.05, 3.63) is 66.3 Å². The third-order valence-corrected chi connectivity index (χ3v) is 5.73. The van der Waals surface area contributed by atoms with E-state index in [4.69, 9.17) is 0 Å². The molecule has 3 heteroatoms. The van der Waals surface area contributed by atoms with E-state index in [0.29, 0.717) is 0 Å². The van der Waals surface area contributed by atoms with Crippen molar-refractivity contribution in [2.45, 2.75) is 13.8 Å². The molecule has 0 aliphatic carbocycles. The summed E-state index contributed by atoms with van der Waals surface area (Å²) < 4.78 is 5.81. The Morgan fingerprint density at radius 3 is 2.59 bits per heavy atom. The van der Waals surface area contributed by atoms with Crippen LogP contribution in [0.2, 0.25) is 0 Å². The van der Waals surface area contributed by atoms with Gasteiger partial charge < -0.3 is 0 Å². The summed E-state index contributed by atoms with van der Waals surface area (Å²) in [5.74, 6) is 1.01. The molecule has 0 aliphatic rings. The maximum atomic E-state index is 4.32. The van der Waals surface area contributed by atoms with Crippen molar-refractivity contribution in [3.63, 3.8) is 0 Å². The van der Waals surface area contributed by atoms with Gasteiger partial charge in [-0.3, -0.25) is 11.5 Å². The van der Waals surface area contributed by atoms with Crippen molar-refractivity contribution in [3.8, 4) is 5.00 Å². The van der Waals surface area contributed by atoms with E-state index in [0.717, 1.165) is 5.82 Å². The zero-order valence-corrected chi connectivity index (χ0v) is 13.9. The number of imidazole rings is 1. The van der Waals surface area contributed by atoms with E-state index in [1.165, 1.54) is 37.2 Å². The zero-order valence-electron chi connectivity index (χ0n) is 13.1. The highest BCUT2D eigenvalue weighted by molar-refractivity contribution is 7.21. The normalized spacial score (nSPS) is 11.6. The van der Waals surface area contributed by atoms with Gasteiger partial charge in [0.2, 0.25) is 0 Å². The Kier molecular flexibility index (Phi) is 2.81. The van der Waals surface area contributed by atoms with Gasteiger partial charge in [0.15, 0.2) is 16.0 Å². The third-order valence-electron chi connectivity index (χ3n) is 4.47. The summed E-state index contributed by atoms with van der Waals surface area (Å²) in [5, 5.41) is 2.60. The highest BCUT2D eigenvalue weighted by Gasteiger charge is 2.22. The molecule has 110 valence electrons. The Morgan fingerprint density at radius 2 is 1.82 bits per heavy atom. The maximum Gasteiger partial charge on any atom is 0.192 e. The van der Waals surface area contributed by atoms with Crippen molar-refractivity contribution >= 4 is 32.5 Å². The number of benzene rings is 2. The molecule has 0 atom stereocenters. The van der Waals surface area contributed by atoms with Gasteiger partial charge in [0.1, 0.15) is 0 Å². The minimum Gasteiger partial charge on any atom is -0.294 e. The Balaban J connectivity index is 2.17. The van der Waals surface area contributed by atoms with Crippen LogP contribution in [0, 0.1) is 20.8 Å². The van der Waals surface area contributed by atoms with Crippen molar-refractivity contribution in [1.29, 1.82) is 0 Å². The van der Waals surface area contributed by atoms with Crippen LogP contribution in [-0.4, -0.2) is 9.13 Å². The molecule has 22 heavy (non-hydrogen) atoms. The maximum absolute atomic E-state index is 4.32. The van der Waals surface area contributed by atoms with Crippen LogP contribution in [-0.2, 0) is 7.05 Å². The molecule has 0 bridgehead atoms. The van der Waals surface area contributed by atoms with Gasteiger partial charge in [-0.25, -0.2) is 0 Å². The summed E-state index contributed by atoms with van der Waals surface area (Å²) >= 11 is 1.84. The van der Waals surface area contributed by atoms with Crippen LogP contribution in [0.4, 0.5) is 0 Å². The predicted octanol–water partition coefficient (Wildman–Crippen LogP) is 5.26. The van der Waals surface area contributed by atoms with E-state index in [2.05, 4.69) is 79.4 Å². The van der Waals surface area contributed by atoms with Gasteiger partial charge in [0.25, 0.3) is 0 Å². The number of nitrogens with zero attached hydrogens (tertiary/aromatic N) is 2. The summed E-state index contributed by atoms with van der Waals surface area (Å²) in [4.78, 5) is 0. The molecule has 0 saturated heterocycles. The molecule has 2 nitrogen and oxygen atoms in total. The molecule has 2 aromatic carbocycles. The SMILES string of the molecule is [CH2-][c+]1n(C)c2cccc(C)c2n1-c1sc2ccccc2c1C. The fourth-order valence-corrected chi connectivity index (χ4v) is 4.45. The van der Waals surface area contributed by atoms with Crippen LogP contribution in [0.25, 0.3) is 26.1 Å². The Bertz CT molecular complexity index is 1020. The van der Waals surface area contributed by atoms with Gasteiger partial charge in [-0.1, -0.05) is 29.5 Å². The number of thiophene rings is 1. The molecule has 2 aromatic heterocycles. The molecule has 0 N–H and O–H groups in total. The van der Waals surface area contributed by atoms with Crippen LogP contribution in [0.1, 0.15) is 17.0 Å². The molecular formula is C19H18N2S. The lowest BCUT2D eigenvalue weighted by atomic mass is 10.2. The fourth-order valence-electron chi connectivity index (χ4n) is 3.22. The van der Waals surface area contributed by atoms with Crippen LogP contribution in [0.5, 0.6) is 0 Å².